The molecule has 4 nitrogen and oxygen atoms in total. The molecular weight excluding hydrogens is 218 g/mol. The largest absolute Gasteiger partial charge is 0.467 e. The molecule has 1 aromatic carbocycles. The molecule has 4 heteroatoms. The van der Waals surface area contributed by atoms with Gasteiger partial charge in [0.05, 0.1) is 7.11 Å². The summed E-state index contributed by atoms with van der Waals surface area (Å²) in [5.41, 5.74) is 0.684. The van der Waals surface area contributed by atoms with Crippen LogP contribution in [0.4, 0.5) is 0 Å². The van der Waals surface area contributed by atoms with Crippen LogP contribution in [0.1, 0.15) is 29.8 Å². The van der Waals surface area contributed by atoms with Crippen molar-refractivity contribution >= 4 is 11.9 Å². The van der Waals surface area contributed by atoms with Gasteiger partial charge in [-0.3, -0.25) is 4.79 Å². The number of rotatable bonds is 2. The molecule has 0 atom stereocenters. The average molecular weight is 233 g/mol. The monoisotopic (exact) mass is 233 g/mol. The number of hydrogen-bond donors (Lipinski definition) is 0. The van der Waals surface area contributed by atoms with Gasteiger partial charge in [-0.1, -0.05) is 18.2 Å². The summed E-state index contributed by atoms with van der Waals surface area (Å²) in [4.78, 5) is 25.4. The minimum atomic E-state index is -0.940. The zero-order valence-electron chi connectivity index (χ0n) is 10.2. The number of hydrogen-bond acceptors (Lipinski definition) is 3. The SMILES string of the molecule is COC(=O)C(C)(C)N1Cc2ccccc2C1=O. The lowest BCUT2D eigenvalue weighted by Gasteiger charge is -2.32. The highest BCUT2D eigenvalue weighted by Crippen LogP contribution is 2.29. The van der Waals surface area contributed by atoms with E-state index in [9.17, 15) is 9.59 Å². The van der Waals surface area contributed by atoms with E-state index < -0.39 is 11.5 Å². The first-order valence-electron chi connectivity index (χ1n) is 5.46. The number of nitrogens with zero attached hydrogens (tertiary/aromatic N) is 1. The van der Waals surface area contributed by atoms with Crippen LogP contribution in [0.25, 0.3) is 0 Å². The number of esters is 1. The second-order valence-electron chi connectivity index (χ2n) is 4.60. The molecule has 1 aromatic rings. The van der Waals surface area contributed by atoms with Crippen molar-refractivity contribution in [2.75, 3.05) is 7.11 Å². The van der Waals surface area contributed by atoms with Crippen LogP contribution in [0.15, 0.2) is 24.3 Å². The Balaban J connectivity index is 2.35. The maximum absolute atomic E-state index is 12.2. The van der Waals surface area contributed by atoms with Gasteiger partial charge in [0.15, 0.2) is 0 Å². The second-order valence-corrected chi connectivity index (χ2v) is 4.60. The molecule has 0 saturated carbocycles. The minimum Gasteiger partial charge on any atom is -0.467 e. The minimum absolute atomic E-state index is 0.115. The molecule has 1 amide bonds. The molecule has 0 bridgehead atoms. The van der Waals surface area contributed by atoms with Crippen LogP contribution >= 0.6 is 0 Å². The molecular formula is C13H15NO3. The van der Waals surface area contributed by atoms with E-state index in [0.29, 0.717) is 12.1 Å². The van der Waals surface area contributed by atoms with E-state index in [1.54, 1.807) is 24.8 Å². The van der Waals surface area contributed by atoms with Crippen LogP contribution in [-0.4, -0.2) is 29.4 Å². The third-order valence-corrected chi connectivity index (χ3v) is 3.18. The normalized spacial score (nSPS) is 14.8. The molecule has 0 unspecified atom stereocenters. The van der Waals surface area contributed by atoms with Crippen molar-refractivity contribution in [3.63, 3.8) is 0 Å². The van der Waals surface area contributed by atoms with Crippen LogP contribution in [0.5, 0.6) is 0 Å². The Kier molecular flexibility index (Phi) is 2.65. The molecule has 0 N–H and O–H groups in total. The molecule has 0 saturated heterocycles. The number of amides is 1. The van der Waals surface area contributed by atoms with Crippen molar-refractivity contribution < 1.29 is 14.3 Å². The average Bonchev–Trinajstić information content (AvgIpc) is 2.67. The number of carbonyl (C=O) groups excluding carboxylic acids is 2. The number of benzene rings is 1. The van der Waals surface area contributed by atoms with E-state index in [4.69, 9.17) is 4.74 Å². The highest BCUT2D eigenvalue weighted by molar-refractivity contribution is 6.01. The second kappa shape index (κ2) is 3.87. The summed E-state index contributed by atoms with van der Waals surface area (Å²) >= 11 is 0. The molecule has 0 aliphatic carbocycles. The predicted octanol–water partition coefficient (Wildman–Crippen LogP) is 1.59. The molecule has 0 radical (unpaired) electrons. The molecule has 0 aromatic heterocycles. The lowest BCUT2D eigenvalue weighted by atomic mass is 10.0. The van der Waals surface area contributed by atoms with Crippen molar-refractivity contribution in [1.29, 1.82) is 0 Å². The maximum Gasteiger partial charge on any atom is 0.331 e. The third-order valence-electron chi connectivity index (χ3n) is 3.18. The van der Waals surface area contributed by atoms with Crippen LogP contribution in [-0.2, 0) is 16.1 Å². The van der Waals surface area contributed by atoms with Gasteiger partial charge in [-0.25, -0.2) is 4.79 Å². The lowest BCUT2D eigenvalue weighted by Crippen LogP contribution is -2.50. The Bertz CT molecular complexity index is 479. The fourth-order valence-corrected chi connectivity index (χ4v) is 2.07. The van der Waals surface area contributed by atoms with Gasteiger partial charge in [-0.2, -0.15) is 0 Å². The predicted molar refractivity (Wildman–Crippen MR) is 62.4 cm³/mol. The number of ether oxygens (including phenoxy) is 1. The first-order chi connectivity index (χ1) is 7.98. The summed E-state index contributed by atoms with van der Waals surface area (Å²) in [6, 6.07) is 7.40. The van der Waals surface area contributed by atoms with Crippen molar-refractivity contribution in [3.05, 3.63) is 35.4 Å². The van der Waals surface area contributed by atoms with Gasteiger partial charge in [-0.05, 0) is 25.5 Å². The summed E-state index contributed by atoms with van der Waals surface area (Å²) < 4.78 is 4.74. The van der Waals surface area contributed by atoms with Crippen molar-refractivity contribution in [2.24, 2.45) is 0 Å². The Morgan fingerprint density at radius 1 is 1.35 bits per heavy atom. The van der Waals surface area contributed by atoms with Crippen LogP contribution < -0.4 is 0 Å². The van der Waals surface area contributed by atoms with Crippen LogP contribution in [0.3, 0.4) is 0 Å². The number of carbonyl (C=O) groups is 2. The first kappa shape index (κ1) is 11.6. The Labute approximate surface area is 100 Å². The molecule has 1 heterocycles. The highest BCUT2D eigenvalue weighted by Gasteiger charge is 2.42. The zero-order chi connectivity index (χ0) is 12.6. The smallest absolute Gasteiger partial charge is 0.331 e. The van der Waals surface area contributed by atoms with Gasteiger partial charge in [0.2, 0.25) is 0 Å². The van der Waals surface area contributed by atoms with Crippen molar-refractivity contribution in [3.8, 4) is 0 Å². The van der Waals surface area contributed by atoms with Gasteiger partial charge in [0.1, 0.15) is 5.54 Å². The van der Waals surface area contributed by atoms with Crippen molar-refractivity contribution in [2.45, 2.75) is 25.9 Å². The van der Waals surface area contributed by atoms with E-state index in [-0.39, 0.29) is 5.91 Å². The lowest BCUT2D eigenvalue weighted by molar-refractivity contribution is -0.151. The molecule has 0 spiro atoms. The van der Waals surface area contributed by atoms with E-state index in [2.05, 4.69) is 0 Å². The summed E-state index contributed by atoms with van der Waals surface area (Å²) in [5, 5.41) is 0. The van der Waals surface area contributed by atoms with Crippen LogP contribution in [0.2, 0.25) is 0 Å². The van der Waals surface area contributed by atoms with E-state index in [1.165, 1.54) is 7.11 Å². The van der Waals surface area contributed by atoms with Gasteiger partial charge in [0, 0.05) is 12.1 Å². The van der Waals surface area contributed by atoms with E-state index in [1.807, 2.05) is 18.2 Å². The quantitative estimate of drug-likeness (QED) is 0.729. The topological polar surface area (TPSA) is 46.6 Å². The fraction of sp³-hybridized carbons (Fsp3) is 0.385. The molecule has 1 aliphatic heterocycles. The molecule has 17 heavy (non-hydrogen) atoms. The molecule has 90 valence electrons. The van der Waals surface area contributed by atoms with Crippen molar-refractivity contribution in [1.82, 2.24) is 4.90 Å². The van der Waals surface area contributed by atoms with Gasteiger partial charge < -0.3 is 9.64 Å². The highest BCUT2D eigenvalue weighted by atomic mass is 16.5. The Morgan fingerprint density at radius 3 is 2.59 bits per heavy atom. The van der Waals surface area contributed by atoms with Crippen LogP contribution in [0, 0.1) is 0 Å². The number of methoxy groups -OCH3 is 1. The first-order valence-corrected chi connectivity index (χ1v) is 5.46. The fourth-order valence-electron chi connectivity index (χ4n) is 2.07. The summed E-state index contributed by atoms with van der Waals surface area (Å²) in [6.45, 7) is 3.85. The maximum atomic E-state index is 12.2. The van der Waals surface area contributed by atoms with E-state index in [0.717, 1.165) is 5.56 Å². The summed E-state index contributed by atoms with van der Waals surface area (Å²) in [5.74, 6) is -0.519. The standard InChI is InChI=1S/C13H15NO3/c1-13(2,12(16)17-3)14-8-9-6-4-5-7-10(9)11(14)15/h4-7H,8H2,1-3H3. The summed E-state index contributed by atoms with van der Waals surface area (Å²) in [6.07, 6.45) is 0. The number of fused-ring (bicyclic) bond motifs is 1. The molecule has 1 aliphatic rings. The summed E-state index contributed by atoms with van der Waals surface area (Å²) in [7, 11) is 1.33. The zero-order valence-corrected chi connectivity index (χ0v) is 10.2. The van der Waals surface area contributed by atoms with Gasteiger partial charge >= 0.3 is 5.97 Å². The van der Waals surface area contributed by atoms with E-state index >= 15 is 0 Å². The van der Waals surface area contributed by atoms with Gasteiger partial charge in [0.25, 0.3) is 5.91 Å². The van der Waals surface area contributed by atoms with Gasteiger partial charge in [-0.15, -0.1) is 0 Å². The Hall–Kier alpha value is -1.84. The molecule has 0 fully saturated rings. The Morgan fingerprint density at radius 2 is 2.00 bits per heavy atom. The third kappa shape index (κ3) is 1.69. The molecule has 2 rings (SSSR count).